The average Bonchev–Trinajstić information content (AvgIpc) is 2.79. The molecule has 1 saturated carbocycles. The van der Waals surface area contributed by atoms with Crippen molar-refractivity contribution in [2.24, 2.45) is 0 Å². The summed E-state index contributed by atoms with van der Waals surface area (Å²) in [6.07, 6.45) is 5.57. The van der Waals surface area contributed by atoms with Gasteiger partial charge in [0, 0.05) is 27.8 Å². The first-order chi connectivity index (χ1) is 15.4. The number of thioether (sulfide) groups is 1. The van der Waals surface area contributed by atoms with Gasteiger partial charge in [-0.25, -0.2) is 0 Å². The van der Waals surface area contributed by atoms with Gasteiger partial charge < -0.3 is 10.2 Å². The van der Waals surface area contributed by atoms with E-state index in [1.807, 2.05) is 55.5 Å². The molecule has 0 saturated heterocycles. The number of hydrogen-bond donors (Lipinski definition) is 1. The van der Waals surface area contributed by atoms with Gasteiger partial charge in [-0.1, -0.05) is 71.1 Å². The number of hydrogen-bond acceptors (Lipinski definition) is 3. The normalized spacial score (nSPS) is 15.2. The Balaban J connectivity index is 1.64. The highest BCUT2D eigenvalue weighted by Gasteiger charge is 2.28. The molecule has 1 fully saturated rings. The lowest BCUT2D eigenvalue weighted by Gasteiger charge is -2.31. The molecule has 1 unspecified atom stereocenters. The number of carbonyl (C=O) groups excluding carboxylic acids is 2. The van der Waals surface area contributed by atoms with Crippen LogP contribution in [0.1, 0.15) is 50.2 Å². The van der Waals surface area contributed by atoms with Crippen LogP contribution in [0.3, 0.4) is 0 Å². The molecule has 32 heavy (non-hydrogen) atoms. The highest BCUT2D eigenvalue weighted by molar-refractivity contribution is 9.10. The van der Waals surface area contributed by atoms with Crippen LogP contribution in [-0.4, -0.2) is 34.6 Å². The molecule has 0 radical (unpaired) electrons. The molecule has 1 N–H and O–H groups in total. The van der Waals surface area contributed by atoms with Gasteiger partial charge in [0.25, 0.3) is 0 Å². The Morgan fingerprint density at radius 2 is 1.84 bits per heavy atom. The van der Waals surface area contributed by atoms with Crippen LogP contribution >= 0.6 is 39.3 Å². The summed E-state index contributed by atoms with van der Waals surface area (Å²) in [5, 5.41) is 3.79. The van der Waals surface area contributed by atoms with Crippen molar-refractivity contribution >= 4 is 51.1 Å². The number of halogens is 2. The molecule has 2 amide bonds. The van der Waals surface area contributed by atoms with Crippen molar-refractivity contribution in [3.63, 3.8) is 0 Å². The Hall–Kier alpha value is -1.50. The van der Waals surface area contributed by atoms with E-state index in [1.54, 1.807) is 16.7 Å². The van der Waals surface area contributed by atoms with Crippen molar-refractivity contribution in [2.45, 2.75) is 63.4 Å². The lowest BCUT2D eigenvalue weighted by Crippen LogP contribution is -2.50. The van der Waals surface area contributed by atoms with E-state index in [2.05, 4.69) is 21.2 Å². The maximum atomic E-state index is 13.2. The van der Waals surface area contributed by atoms with Gasteiger partial charge in [0.2, 0.25) is 11.8 Å². The van der Waals surface area contributed by atoms with E-state index < -0.39 is 6.04 Å². The van der Waals surface area contributed by atoms with E-state index in [4.69, 9.17) is 11.6 Å². The van der Waals surface area contributed by atoms with Crippen LogP contribution < -0.4 is 5.32 Å². The molecular weight excluding hydrogens is 508 g/mol. The van der Waals surface area contributed by atoms with Crippen molar-refractivity contribution in [2.75, 3.05) is 5.75 Å². The molecular formula is C25H30BrClN2O2S. The Morgan fingerprint density at radius 3 is 2.53 bits per heavy atom. The number of carbonyl (C=O) groups is 2. The summed E-state index contributed by atoms with van der Waals surface area (Å²) in [4.78, 5) is 27.9. The summed E-state index contributed by atoms with van der Waals surface area (Å²) >= 11 is 11.2. The van der Waals surface area contributed by atoms with E-state index in [0.29, 0.717) is 17.3 Å². The van der Waals surface area contributed by atoms with Crippen LogP contribution in [0.25, 0.3) is 0 Å². The van der Waals surface area contributed by atoms with Gasteiger partial charge in [0.05, 0.1) is 5.75 Å². The second-order valence-electron chi connectivity index (χ2n) is 8.29. The van der Waals surface area contributed by atoms with E-state index in [-0.39, 0.29) is 17.9 Å². The van der Waals surface area contributed by atoms with Gasteiger partial charge in [-0.3, -0.25) is 9.59 Å². The van der Waals surface area contributed by atoms with Gasteiger partial charge in [0.1, 0.15) is 6.04 Å². The predicted octanol–water partition coefficient (Wildman–Crippen LogP) is 6.20. The summed E-state index contributed by atoms with van der Waals surface area (Å²) in [5.41, 5.74) is 2.08. The molecule has 0 aromatic heterocycles. The van der Waals surface area contributed by atoms with Crippen molar-refractivity contribution in [1.29, 1.82) is 0 Å². The van der Waals surface area contributed by atoms with Crippen LogP contribution in [0.15, 0.2) is 53.0 Å². The van der Waals surface area contributed by atoms with E-state index in [1.165, 1.54) is 6.42 Å². The third kappa shape index (κ3) is 7.82. The third-order valence-corrected chi connectivity index (χ3v) is 7.52. The fraction of sp³-hybridized carbons (Fsp3) is 0.440. The van der Waals surface area contributed by atoms with Gasteiger partial charge in [-0.15, -0.1) is 11.8 Å². The number of amides is 2. The van der Waals surface area contributed by atoms with Crippen molar-refractivity contribution in [3.05, 3.63) is 69.2 Å². The molecule has 0 aliphatic heterocycles. The Morgan fingerprint density at radius 1 is 1.12 bits per heavy atom. The smallest absolute Gasteiger partial charge is 0.242 e. The minimum atomic E-state index is -0.545. The zero-order valence-electron chi connectivity index (χ0n) is 18.4. The van der Waals surface area contributed by atoms with Crippen LogP contribution in [-0.2, 0) is 21.9 Å². The second kappa shape index (κ2) is 12.7. The summed E-state index contributed by atoms with van der Waals surface area (Å²) in [5.74, 6) is 0.938. The van der Waals surface area contributed by atoms with Gasteiger partial charge >= 0.3 is 0 Å². The molecule has 4 nitrogen and oxygen atoms in total. The summed E-state index contributed by atoms with van der Waals surface area (Å²) in [7, 11) is 0. The molecule has 1 atom stereocenters. The molecule has 1 aliphatic carbocycles. The first-order valence-corrected chi connectivity index (χ1v) is 13.4. The Bertz CT molecular complexity index is 903. The molecule has 172 valence electrons. The van der Waals surface area contributed by atoms with Crippen LogP contribution in [0, 0.1) is 0 Å². The zero-order chi connectivity index (χ0) is 22.9. The lowest BCUT2D eigenvalue weighted by molar-refractivity contribution is -0.139. The predicted molar refractivity (Wildman–Crippen MR) is 137 cm³/mol. The molecule has 3 rings (SSSR count). The first kappa shape index (κ1) is 25.1. The summed E-state index contributed by atoms with van der Waals surface area (Å²) in [6, 6.07) is 15.2. The maximum Gasteiger partial charge on any atom is 0.242 e. The van der Waals surface area contributed by atoms with Gasteiger partial charge in [0.15, 0.2) is 0 Å². The number of benzene rings is 2. The largest absolute Gasteiger partial charge is 0.352 e. The Kier molecular flexibility index (Phi) is 9.94. The van der Waals surface area contributed by atoms with Crippen molar-refractivity contribution in [1.82, 2.24) is 10.2 Å². The molecule has 7 heteroatoms. The van der Waals surface area contributed by atoms with Crippen LogP contribution in [0.5, 0.6) is 0 Å². The van der Waals surface area contributed by atoms with Crippen LogP contribution in [0.2, 0.25) is 5.02 Å². The topological polar surface area (TPSA) is 49.4 Å². The average molecular weight is 538 g/mol. The minimum absolute atomic E-state index is 0.0432. The molecule has 2 aromatic rings. The van der Waals surface area contributed by atoms with Crippen molar-refractivity contribution < 1.29 is 9.59 Å². The third-order valence-electron chi connectivity index (χ3n) is 5.77. The number of nitrogens with zero attached hydrogens (tertiary/aromatic N) is 1. The molecule has 1 aliphatic rings. The maximum absolute atomic E-state index is 13.2. The lowest BCUT2D eigenvalue weighted by atomic mass is 9.95. The van der Waals surface area contributed by atoms with Gasteiger partial charge in [-0.2, -0.15) is 0 Å². The molecule has 2 aromatic carbocycles. The fourth-order valence-electron chi connectivity index (χ4n) is 3.90. The van der Waals surface area contributed by atoms with Gasteiger partial charge in [-0.05, 0) is 55.2 Å². The second-order valence-corrected chi connectivity index (χ2v) is 10.6. The molecule has 0 spiro atoms. The SMILES string of the molecule is CC(C(=O)NC1CCCCC1)N(Cc1cccc(Cl)c1)C(=O)CSCc1ccc(Br)cc1. The molecule has 0 heterocycles. The van der Waals surface area contributed by atoms with Crippen LogP contribution in [0.4, 0.5) is 0 Å². The molecule has 0 bridgehead atoms. The fourth-order valence-corrected chi connectivity index (χ4v) is 5.25. The number of rotatable bonds is 9. The van der Waals surface area contributed by atoms with E-state index >= 15 is 0 Å². The highest BCUT2D eigenvalue weighted by atomic mass is 79.9. The first-order valence-electron chi connectivity index (χ1n) is 11.1. The standard InChI is InChI=1S/C25H30BrClN2O2S/c1-18(25(31)28-23-8-3-2-4-9-23)29(15-20-6-5-7-22(27)14-20)24(30)17-32-16-19-10-12-21(26)13-11-19/h5-7,10-14,18,23H,2-4,8-9,15-17H2,1H3,(H,28,31). The highest BCUT2D eigenvalue weighted by Crippen LogP contribution is 2.21. The summed E-state index contributed by atoms with van der Waals surface area (Å²) in [6.45, 7) is 2.18. The Labute approximate surface area is 208 Å². The van der Waals surface area contributed by atoms with E-state index in [0.717, 1.165) is 47.0 Å². The summed E-state index contributed by atoms with van der Waals surface area (Å²) < 4.78 is 1.04. The van der Waals surface area contributed by atoms with Crippen molar-refractivity contribution in [3.8, 4) is 0 Å². The monoisotopic (exact) mass is 536 g/mol. The van der Waals surface area contributed by atoms with E-state index in [9.17, 15) is 9.59 Å². The minimum Gasteiger partial charge on any atom is -0.352 e. The number of nitrogens with one attached hydrogen (secondary N) is 1. The quantitative estimate of drug-likeness (QED) is 0.414. The zero-order valence-corrected chi connectivity index (χ0v) is 21.5.